The van der Waals surface area contributed by atoms with Gasteiger partial charge in [0.05, 0.1) is 6.61 Å². The van der Waals surface area contributed by atoms with Crippen LogP contribution in [0.25, 0.3) is 0 Å². The molecule has 0 aliphatic carbocycles. The van der Waals surface area contributed by atoms with Gasteiger partial charge in [-0.15, -0.1) is 0 Å². The molecule has 0 aromatic carbocycles. The Morgan fingerprint density at radius 2 is 2.15 bits per heavy atom. The van der Waals surface area contributed by atoms with E-state index in [4.69, 9.17) is 10.8 Å². The number of rotatable bonds is 5. The van der Waals surface area contributed by atoms with Gasteiger partial charge >= 0.3 is 0 Å². The van der Waals surface area contributed by atoms with Crippen LogP contribution in [0.4, 0.5) is 0 Å². The minimum Gasteiger partial charge on any atom is -0.396 e. The fourth-order valence-electron chi connectivity index (χ4n) is 1.07. The predicted octanol–water partition coefficient (Wildman–Crippen LogP) is 0.807. The molecule has 0 aliphatic rings. The Bertz CT molecular complexity index is 230. The molecule has 1 aromatic rings. The van der Waals surface area contributed by atoms with E-state index in [1.54, 1.807) is 24.2 Å². The van der Waals surface area contributed by atoms with Gasteiger partial charge in [0.15, 0.2) is 0 Å². The molecule has 0 saturated carbocycles. The van der Waals surface area contributed by atoms with E-state index in [-0.39, 0.29) is 11.9 Å². The van der Waals surface area contributed by atoms with Gasteiger partial charge in [-0.2, -0.15) is 11.8 Å². The molecule has 0 spiro atoms. The Morgan fingerprint density at radius 1 is 1.46 bits per heavy atom. The summed E-state index contributed by atoms with van der Waals surface area (Å²) in [5.74, 6) is 0.726. The summed E-state index contributed by atoms with van der Waals surface area (Å²) < 4.78 is 0. The van der Waals surface area contributed by atoms with Crippen molar-refractivity contribution in [2.24, 2.45) is 5.73 Å². The number of thioether (sulfide) groups is 1. The third-order valence-corrected chi connectivity index (χ3v) is 2.99. The lowest BCUT2D eigenvalue weighted by Gasteiger charge is -2.13. The second-order valence-electron chi connectivity index (χ2n) is 2.60. The van der Waals surface area contributed by atoms with Crippen LogP contribution in [0, 0.1) is 0 Å². The number of aliphatic hydroxyl groups is 1. The van der Waals surface area contributed by atoms with Crippen molar-refractivity contribution >= 4 is 11.8 Å². The van der Waals surface area contributed by atoms with Crippen molar-refractivity contribution in [3.8, 4) is 0 Å². The van der Waals surface area contributed by atoms with Crippen molar-refractivity contribution in [2.45, 2.75) is 5.25 Å². The van der Waals surface area contributed by atoms with E-state index >= 15 is 0 Å². The lowest BCUT2D eigenvalue weighted by molar-refractivity contribution is 0.322. The van der Waals surface area contributed by atoms with Crippen molar-refractivity contribution in [3.05, 3.63) is 30.1 Å². The highest BCUT2D eigenvalue weighted by Gasteiger charge is 2.08. The van der Waals surface area contributed by atoms with Gasteiger partial charge in [0, 0.05) is 29.9 Å². The molecule has 13 heavy (non-hydrogen) atoms. The topological polar surface area (TPSA) is 59.1 Å². The molecule has 0 amide bonds. The normalized spacial score (nSPS) is 12.8. The minimum absolute atomic E-state index is 0.201. The van der Waals surface area contributed by atoms with E-state index < -0.39 is 0 Å². The number of hydrogen-bond donors (Lipinski definition) is 2. The molecule has 3 nitrogen and oxygen atoms in total. The first-order valence-corrected chi connectivity index (χ1v) is 5.25. The van der Waals surface area contributed by atoms with Crippen molar-refractivity contribution in [1.82, 2.24) is 4.98 Å². The maximum Gasteiger partial charge on any atom is 0.0521 e. The largest absolute Gasteiger partial charge is 0.396 e. The highest BCUT2D eigenvalue weighted by Crippen LogP contribution is 2.26. The molecule has 0 aliphatic heterocycles. The molecular formula is C9H14N2OS. The van der Waals surface area contributed by atoms with Crippen LogP contribution in [-0.4, -0.2) is 29.0 Å². The highest BCUT2D eigenvalue weighted by atomic mass is 32.2. The summed E-state index contributed by atoms with van der Waals surface area (Å²) in [5.41, 5.74) is 6.80. The van der Waals surface area contributed by atoms with Gasteiger partial charge in [0.25, 0.3) is 0 Å². The van der Waals surface area contributed by atoms with Gasteiger partial charge in [0.2, 0.25) is 0 Å². The van der Waals surface area contributed by atoms with Gasteiger partial charge in [-0.25, -0.2) is 0 Å². The monoisotopic (exact) mass is 198 g/mol. The van der Waals surface area contributed by atoms with E-state index in [2.05, 4.69) is 4.98 Å². The zero-order chi connectivity index (χ0) is 9.52. The average molecular weight is 198 g/mol. The van der Waals surface area contributed by atoms with Gasteiger partial charge in [-0.3, -0.25) is 4.98 Å². The summed E-state index contributed by atoms with van der Waals surface area (Å²) in [5, 5.41) is 8.96. The number of hydrogen-bond acceptors (Lipinski definition) is 4. The zero-order valence-corrected chi connectivity index (χ0v) is 8.20. The van der Waals surface area contributed by atoms with Crippen LogP contribution in [0.3, 0.4) is 0 Å². The number of nitrogens with zero attached hydrogens (tertiary/aromatic N) is 1. The fraction of sp³-hybridized carbons (Fsp3) is 0.444. The van der Waals surface area contributed by atoms with Crippen molar-refractivity contribution < 1.29 is 5.11 Å². The van der Waals surface area contributed by atoms with Crippen LogP contribution in [0.2, 0.25) is 0 Å². The Morgan fingerprint density at radius 3 is 2.69 bits per heavy atom. The molecule has 0 radical (unpaired) electrons. The molecule has 0 saturated heterocycles. The molecule has 0 fully saturated rings. The summed E-state index contributed by atoms with van der Waals surface area (Å²) in [6, 6.07) is 3.92. The van der Waals surface area contributed by atoms with E-state index in [1.807, 2.05) is 12.1 Å². The molecular weight excluding hydrogens is 184 g/mol. The van der Waals surface area contributed by atoms with Crippen LogP contribution < -0.4 is 5.73 Å². The Labute approximate surface area is 82.4 Å². The summed E-state index contributed by atoms with van der Waals surface area (Å²) >= 11 is 1.67. The van der Waals surface area contributed by atoms with Crippen molar-refractivity contribution in [3.63, 3.8) is 0 Å². The summed E-state index contributed by atoms with van der Waals surface area (Å²) in [6.45, 7) is 0.793. The number of aliphatic hydroxyl groups excluding tert-OH is 1. The molecule has 1 atom stereocenters. The quantitative estimate of drug-likeness (QED) is 0.735. The van der Waals surface area contributed by atoms with Crippen LogP contribution in [0.5, 0.6) is 0 Å². The van der Waals surface area contributed by atoms with E-state index in [0.29, 0.717) is 6.54 Å². The smallest absolute Gasteiger partial charge is 0.0521 e. The van der Waals surface area contributed by atoms with Crippen molar-refractivity contribution in [2.75, 3.05) is 18.9 Å². The van der Waals surface area contributed by atoms with Gasteiger partial charge in [-0.1, -0.05) is 0 Å². The summed E-state index contributed by atoms with van der Waals surface area (Å²) in [4.78, 5) is 3.94. The third-order valence-electron chi connectivity index (χ3n) is 1.70. The molecule has 1 aromatic heterocycles. The molecule has 1 heterocycles. The first kappa shape index (κ1) is 10.5. The summed E-state index contributed by atoms with van der Waals surface area (Å²) in [7, 11) is 0. The van der Waals surface area contributed by atoms with Gasteiger partial charge < -0.3 is 10.8 Å². The Balaban J connectivity index is 2.56. The van der Waals surface area contributed by atoms with E-state index in [0.717, 1.165) is 5.75 Å². The highest BCUT2D eigenvalue weighted by molar-refractivity contribution is 7.99. The maximum atomic E-state index is 8.68. The lowest BCUT2D eigenvalue weighted by atomic mass is 10.2. The standard InChI is InChI=1S/C9H14N2OS/c10-7-9(13-6-5-12)8-1-3-11-4-2-8/h1-4,9,12H,5-7,10H2. The molecule has 0 bridgehead atoms. The minimum atomic E-state index is 0.201. The van der Waals surface area contributed by atoms with Crippen LogP contribution in [0.15, 0.2) is 24.5 Å². The second-order valence-corrected chi connectivity index (χ2v) is 3.91. The molecule has 1 rings (SSSR count). The molecule has 72 valence electrons. The van der Waals surface area contributed by atoms with Crippen molar-refractivity contribution in [1.29, 1.82) is 0 Å². The fourth-order valence-corrected chi connectivity index (χ4v) is 1.95. The molecule has 4 heteroatoms. The van der Waals surface area contributed by atoms with E-state index in [1.165, 1.54) is 5.56 Å². The number of nitrogens with two attached hydrogens (primary N) is 1. The lowest BCUT2D eigenvalue weighted by Crippen LogP contribution is -2.10. The Hall–Kier alpha value is -0.580. The predicted molar refractivity (Wildman–Crippen MR) is 55.6 cm³/mol. The van der Waals surface area contributed by atoms with Gasteiger partial charge in [0.1, 0.15) is 0 Å². The number of aromatic nitrogens is 1. The first-order chi connectivity index (χ1) is 6.38. The number of pyridine rings is 1. The summed E-state index contributed by atoms with van der Waals surface area (Å²) in [6.07, 6.45) is 3.52. The van der Waals surface area contributed by atoms with E-state index in [9.17, 15) is 0 Å². The van der Waals surface area contributed by atoms with Gasteiger partial charge in [-0.05, 0) is 17.7 Å². The van der Waals surface area contributed by atoms with Crippen LogP contribution in [0.1, 0.15) is 10.8 Å². The Kier molecular flexibility index (Phi) is 4.82. The maximum absolute atomic E-state index is 8.68. The zero-order valence-electron chi connectivity index (χ0n) is 7.39. The SMILES string of the molecule is NCC(SCCO)c1ccncc1. The third kappa shape index (κ3) is 3.34. The van der Waals surface area contributed by atoms with Crippen LogP contribution >= 0.6 is 11.8 Å². The molecule has 3 N–H and O–H groups in total. The molecule has 1 unspecified atom stereocenters. The average Bonchev–Trinajstić information content (AvgIpc) is 2.21. The van der Waals surface area contributed by atoms with Crippen LogP contribution in [-0.2, 0) is 0 Å². The second kappa shape index (κ2) is 5.96. The first-order valence-electron chi connectivity index (χ1n) is 4.21.